The Labute approximate surface area is 142 Å². The van der Waals surface area contributed by atoms with Crippen LogP contribution in [0.15, 0.2) is 59.5 Å². The van der Waals surface area contributed by atoms with E-state index in [1.807, 2.05) is 13.0 Å². The van der Waals surface area contributed by atoms with Crippen molar-refractivity contribution in [1.82, 2.24) is 4.31 Å². The molecule has 0 aliphatic carbocycles. The molecule has 2 aromatic rings. The SMILES string of the molecule is CC1CN(S(=O)(=O)c2ccccc2C(=O)c2ccccc2)CC1N. The highest BCUT2D eigenvalue weighted by atomic mass is 32.2. The van der Waals surface area contributed by atoms with Crippen LogP contribution < -0.4 is 5.73 Å². The average molecular weight is 344 g/mol. The van der Waals surface area contributed by atoms with Gasteiger partial charge in [0.2, 0.25) is 10.0 Å². The largest absolute Gasteiger partial charge is 0.326 e. The van der Waals surface area contributed by atoms with Gasteiger partial charge in [-0.3, -0.25) is 4.79 Å². The molecule has 1 saturated heterocycles. The van der Waals surface area contributed by atoms with Crippen molar-refractivity contribution in [2.75, 3.05) is 13.1 Å². The van der Waals surface area contributed by atoms with Crippen molar-refractivity contribution in [2.45, 2.75) is 17.9 Å². The number of ketones is 1. The molecule has 1 fully saturated rings. The fourth-order valence-corrected chi connectivity index (χ4v) is 4.67. The molecule has 5 nitrogen and oxygen atoms in total. The average Bonchev–Trinajstić information content (AvgIpc) is 2.95. The number of nitrogens with two attached hydrogens (primary N) is 1. The Bertz CT molecular complexity index is 840. The van der Waals surface area contributed by atoms with Crippen molar-refractivity contribution < 1.29 is 13.2 Å². The fraction of sp³-hybridized carbons (Fsp3) is 0.278. The van der Waals surface area contributed by atoms with Gasteiger partial charge in [-0.15, -0.1) is 0 Å². The Morgan fingerprint density at radius 1 is 1.04 bits per heavy atom. The molecule has 126 valence electrons. The van der Waals surface area contributed by atoms with Gasteiger partial charge >= 0.3 is 0 Å². The van der Waals surface area contributed by atoms with Crippen LogP contribution in [0.25, 0.3) is 0 Å². The van der Waals surface area contributed by atoms with Gasteiger partial charge in [0, 0.05) is 30.3 Å². The molecule has 0 amide bonds. The van der Waals surface area contributed by atoms with Crippen molar-refractivity contribution in [3.05, 3.63) is 65.7 Å². The van der Waals surface area contributed by atoms with Crippen LogP contribution in [0.5, 0.6) is 0 Å². The third kappa shape index (κ3) is 3.00. The van der Waals surface area contributed by atoms with Crippen molar-refractivity contribution >= 4 is 15.8 Å². The summed E-state index contributed by atoms with van der Waals surface area (Å²) >= 11 is 0. The van der Waals surface area contributed by atoms with E-state index in [4.69, 9.17) is 5.73 Å². The van der Waals surface area contributed by atoms with Gasteiger partial charge in [0.05, 0.1) is 4.90 Å². The molecule has 0 radical (unpaired) electrons. The first-order valence-electron chi connectivity index (χ1n) is 7.86. The van der Waals surface area contributed by atoms with E-state index in [1.165, 1.54) is 10.4 Å². The third-order valence-corrected chi connectivity index (χ3v) is 6.31. The van der Waals surface area contributed by atoms with Crippen molar-refractivity contribution in [3.63, 3.8) is 0 Å². The number of benzene rings is 2. The molecular formula is C18H20N2O3S. The zero-order valence-electron chi connectivity index (χ0n) is 13.4. The van der Waals surface area contributed by atoms with Crippen LogP contribution >= 0.6 is 0 Å². The number of carbonyl (C=O) groups excluding carboxylic acids is 1. The van der Waals surface area contributed by atoms with Crippen molar-refractivity contribution in [1.29, 1.82) is 0 Å². The molecule has 3 rings (SSSR count). The van der Waals surface area contributed by atoms with Gasteiger partial charge in [0.1, 0.15) is 0 Å². The predicted molar refractivity (Wildman–Crippen MR) is 92.2 cm³/mol. The number of nitrogens with zero attached hydrogens (tertiary/aromatic N) is 1. The molecule has 6 heteroatoms. The lowest BCUT2D eigenvalue weighted by molar-refractivity contribution is 0.103. The van der Waals surface area contributed by atoms with E-state index < -0.39 is 10.0 Å². The summed E-state index contributed by atoms with van der Waals surface area (Å²) < 4.78 is 27.4. The van der Waals surface area contributed by atoms with Crippen LogP contribution in [0.2, 0.25) is 0 Å². The van der Waals surface area contributed by atoms with E-state index in [1.54, 1.807) is 42.5 Å². The van der Waals surface area contributed by atoms with Gasteiger partial charge in [-0.2, -0.15) is 4.31 Å². The van der Waals surface area contributed by atoms with E-state index in [-0.39, 0.29) is 34.7 Å². The normalized spacial score (nSPS) is 21.8. The minimum atomic E-state index is -3.76. The molecule has 0 bridgehead atoms. The second-order valence-electron chi connectivity index (χ2n) is 6.15. The number of hydrogen-bond donors (Lipinski definition) is 1. The van der Waals surface area contributed by atoms with Gasteiger partial charge < -0.3 is 5.73 Å². The Hall–Kier alpha value is -2.02. The quantitative estimate of drug-likeness (QED) is 0.859. The molecule has 2 N–H and O–H groups in total. The summed E-state index contributed by atoms with van der Waals surface area (Å²) in [6.45, 7) is 2.58. The first-order valence-corrected chi connectivity index (χ1v) is 9.30. The van der Waals surface area contributed by atoms with Crippen LogP contribution in [0.1, 0.15) is 22.8 Å². The molecule has 24 heavy (non-hydrogen) atoms. The summed E-state index contributed by atoms with van der Waals surface area (Å²) in [5, 5.41) is 0. The van der Waals surface area contributed by atoms with E-state index in [2.05, 4.69) is 0 Å². The number of rotatable bonds is 4. The van der Waals surface area contributed by atoms with Crippen molar-refractivity contribution in [2.24, 2.45) is 11.7 Å². The number of sulfonamides is 1. The Kier molecular flexibility index (Phi) is 4.54. The minimum Gasteiger partial charge on any atom is -0.326 e. The predicted octanol–water partition coefficient (Wildman–Crippen LogP) is 1.89. The zero-order valence-corrected chi connectivity index (χ0v) is 14.2. The van der Waals surface area contributed by atoms with Crippen LogP contribution in [0, 0.1) is 5.92 Å². The maximum atomic E-state index is 13.0. The molecule has 1 aliphatic rings. The van der Waals surface area contributed by atoms with E-state index in [0.717, 1.165) is 0 Å². The van der Waals surface area contributed by atoms with Crippen LogP contribution in [0.3, 0.4) is 0 Å². The maximum Gasteiger partial charge on any atom is 0.243 e. The lowest BCUT2D eigenvalue weighted by Gasteiger charge is -2.18. The number of hydrogen-bond acceptors (Lipinski definition) is 4. The fourth-order valence-electron chi connectivity index (χ4n) is 2.91. The standard InChI is InChI=1S/C18H20N2O3S/c1-13-11-20(12-16(13)19)24(22,23)17-10-6-5-9-15(17)18(21)14-7-3-2-4-8-14/h2-10,13,16H,11-12,19H2,1H3. The third-order valence-electron chi connectivity index (χ3n) is 4.42. The maximum absolute atomic E-state index is 13.0. The second kappa shape index (κ2) is 6.47. The topological polar surface area (TPSA) is 80.5 Å². The monoisotopic (exact) mass is 344 g/mol. The van der Waals surface area contributed by atoms with E-state index in [0.29, 0.717) is 12.1 Å². The van der Waals surface area contributed by atoms with Crippen LogP contribution in [-0.2, 0) is 10.0 Å². The summed E-state index contributed by atoms with van der Waals surface area (Å²) in [6.07, 6.45) is 0. The van der Waals surface area contributed by atoms with Crippen LogP contribution in [0.4, 0.5) is 0 Å². The molecule has 1 aliphatic heterocycles. The Balaban J connectivity index is 2.02. The van der Waals surface area contributed by atoms with E-state index >= 15 is 0 Å². The molecule has 2 aromatic carbocycles. The highest BCUT2D eigenvalue weighted by molar-refractivity contribution is 7.89. The smallest absolute Gasteiger partial charge is 0.243 e. The zero-order chi connectivity index (χ0) is 17.3. The lowest BCUT2D eigenvalue weighted by atomic mass is 10.0. The van der Waals surface area contributed by atoms with Gasteiger partial charge in [-0.1, -0.05) is 49.4 Å². The van der Waals surface area contributed by atoms with Gasteiger partial charge in [0.15, 0.2) is 5.78 Å². The Morgan fingerprint density at radius 2 is 1.67 bits per heavy atom. The highest BCUT2D eigenvalue weighted by Gasteiger charge is 2.37. The molecular weight excluding hydrogens is 324 g/mol. The summed E-state index contributed by atoms with van der Waals surface area (Å²) in [5.41, 5.74) is 6.62. The first-order chi connectivity index (χ1) is 11.4. The highest BCUT2D eigenvalue weighted by Crippen LogP contribution is 2.27. The van der Waals surface area contributed by atoms with Gasteiger partial charge in [-0.05, 0) is 18.1 Å². The molecule has 1 heterocycles. The van der Waals surface area contributed by atoms with Crippen LogP contribution in [-0.4, -0.2) is 37.6 Å². The van der Waals surface area contributed by atoms with Gasteiger partial charge in [-0.25, -0.2) is 8.42 Å². The molecule has 2 unspecified atom stereocenters. The summed E-state index contributed by atoms with van der Waals surface area (Å²) in [5.74, 6) is -0.205. The van der Waals surface area contributed by atoms with Gasteiger partial charge in [0.25, 0.3) is 0 Å². The first kappa shape index (κ1) is 16.8. The Morgan fingerprint density at radius 3 is 2.29 bits per heavy atom. The second-order valence-corrected chi connectivity index (χ2v) is 8.06. The lowest BCUT2D eigenvalue weighted by Crippen LogP contribution is -2.33. The summed E-state index contributed by atoms with van der Waals surface area (Å²) in [7, 11) is -3.76. The van der Waals surface area contributed by atoms with E-state index in [9.17, 15) is 13.2 Å². The molecule has 2 atom stereocenters. The minimum absolute atomic E-state index is 0.0418. The summed E-state index contributed by atoms with van der Waals surface area (Å²) in [4.78, 5) is 12.8. The number of carbonyl (C=O) groups is 1. The molecule has 0 saturated carbocycles. The summed E-state index contributed by atoms with van der Waals surface area (Å²) in [6, 6.07) is 14.9. The molecule has 0 aromatic heterocycles. The van der Waals surface area contributed by atoms with Crippen molar-refractivity contribution in [3.8, 4) is 0 Å². The molecule has 0 spiro atoms.